The number of hydrogen-bond acceptors (Lipinski definition) is 2. The minimum absolute atomic E-state index is 0.0570. The molecule has 0 amide bonds. The highest BCUT2D eigenvalue weighted by atomic mass is 19.1. The summed E-state index contributed by atoms with van der Waals surface area (Å²) in [4.78, 5) is 0. The lowest BCUT2D eigenvalue weighted by Crippen LogP contribution is -2.40. The lowest BCUT2D eigenvalue weighted by Gasteiger charge is -2.33. The van der Waals surface area contributed by atoms with Crippen LogP contribution < -0.4 is 10.6 Å². The highest BCUT2D eigenvalue weighted by Gasteiger charge is 2.26. The molecule has 0 spiro atoms. The van der Waals surface area contributed by atoms with Crippen LogP contribution in [0.3, 0.4) is 0 Å². The van der Waals surface area contributed by atoms with Gasteiger partial charge < -0.3 is 10.6 Å². The molecule has 0 saturated heterocycles. The zero-order valence-corrected chi connectivity index (χ0v) is 14.7. The molecule has 2 atom stereocenters. The predicted octanol–water partition coefficient (Wildman–Crippen LogP) is 4.74. The van der Waals surface area contributed by atoms with E-state index in [0.29, 0.717) is 0 Å². The average molecular weight is 332 g/mol. The summed E-state index contributed by atoms with van der Waals surface area (Å²) in [6, 6.07) is 13.5. The Morgan fingerprint density at radius 3 is 1.12 bits per heavy atom. The minimum atomic E-state index is -0.253. The van der Waals surface area contributed by atoms with Crippen molar-refractivity contribution in [1.82, 2.24) is 10.6 Å². The standard InChI is InChI=1S/C20H26F2N2/c1-13(2)23-19(15-5-9-17(21)10-6-15)20(24-14(3)4)16-7-11-18(22)12-8-16/h5-14,19-20,23-24H,1-4H3/t19-,20-/m0/s1. The molecule has 0 aliphatic carbocycles. The van der Waals surface area contributed by atoms with Crippen molar-refractivity contribution in [3.05, 3.63) is 71.3 Å². The van der Waals surface area contributed by atoms with E-state index in [9.17, 15) is 8.78 Å². The Balaban J connectivity index is 2.42. The molecular formula is C20H26F2N2. The molecule has 0 heterocycles. The van der Waals surface area contributed by atoms with Crippen molar-refractivity contribution in [2.24, 2.45) is 0 Å². The quantitative estimate of drug-likeness (QED) is 0.765. The molecule has 130 valence electrons. The largest absolute Gasteiger partial charge is 0.306 e. The van der Waals surface area contributed by atoms with Crippen molar-refractivity contribution in [2.75, 3.05) is 0 Å². The molecule has 2 N–H and O–H groups in total. The third kappa shape index (κ3) is 5.11. The molecule has 0 aliphatic rings. The average Bonchev–Trinajstić information content (AvgIpc) is 2.52. The van der Waals surface area contributed by atoms with E-state index < -0.39 is 0 Å². The Morgan fingerprint density at radius 2 is 0.875 bits per heavy atom. The second-order valence-corrected chi connectivity index (χ2v) is 6.70. The minimum Gasteiger partial charge on any atom is -0.306 e. The molecule has 2 rings (SSSR count). The first-order valence-corrected chi connectivity index (χ1v) is 8.40. The van der Waals surface area contributed by atoms with Crippen molar-refractivity contribution in [1.29, 1.82) is 0 Å². The third-order valence-corrected chi connectivity index (χ3v) is 3.82. The molecule has 0 saturated carbocycles. The van der Waals surface area contributed by atoms with E-state index >= 15 is 0 Å². The molecule has 0 unspecified atom stereocenters. The molecule has 4 heteroatoms. The summed E-state index contributed by atoms with van der Waals surface area (Å²) in [6.45, 7) is 8.31. The van der Waals surface area contributed by atoms with Crippen LogP contribution in [0.15, 0.2) is 48.5 Å². The molecule has 2 aromatic rings. The van der Waals surface area contributed by atoms with Crippen LogP contribution in [0, 0.1) is 11.6 Å². The van der Waals surface area contributed by atoms with Crippen LogP contribution in [0.4, 0.5) is 8.78 Å². The van der Waals surface area contributed by atoms with Gasteiger partial charge in [-0.2, -0.15) is 0 Å². The Kier molecular flexibility index (Phi) is 6.46. The smallest absolute Gasteiger partial charge is 0.123 e. The summed E-state index contributed by atoms with van der Waals surface area (Å²) in [5.74, 6) is -0.505. The van der Waals surface area contributed by atoms with Gasteiger partial charge in [-0.1, -0.05) is 52.0 Å². The lowest BCUT2D eigenvalue weighted by atomic mass is 9.92. The van der Waals surface area contributed by atoms with E-state index in [1.165, 1.54) is 24.3 Å². The first kappa shape index (κ1) is 18.6. The molecule has 0 radical (unpaired) electrons. The molecule has 0 aliphatic heterocycles. The first-order chi connectivity index (χ1) is 11.4. The number of halogens is 2. The van der Waals surface area contributed by atoms with Crippen molar-refractivity contribution < 1.29 is 8.78 Å². The van der Waals surface area contributed by atoms with Gasteiger partial charge in [0.05, 0.1) is 12.1 Å². The maximum Gasteiger partial charge on any atom is 0.123 e. The first-order valence-electron chi connectivity index (χ1n) is 8.40. The van der Waals surface area contributed by atoms with Gasteiger partial charge in [-0.25, -0.2) is 8.78 Å². The van der Waals surface area contributed by atoms with Crippen molar-refractivity contribution in [3.63, 3.8) is 0 Å². The number of nitrogens with one attached hydrogen (secondary N) is 2. The maximum absolute atomic E-state index is 13.3. The molecule has 24 heavy (non-hydrogen) atoms. The third-order valence-electron chi connectivity index (χ3n) is 3.82. The van der Waals surface area contributed by atoms with Gasteiger partial charge >= 0.3 is 0 Å². The molecule has 0 bridgehead atoms. The summed E-state index contributed by atoms with van der Waals surface area (Å²) < 4.78 is 26.6. The second kappa shape index (κ2) is 8.36. The fourth-order valence-electron chi connectivity index (χ4n) is 2.83. The summed E-state index contributed by atoms with van der Waals surface area (Å²) >= 11 is 0. The van der Waals surface area contributed by atoms with Gasteiger partial charge in [0.25, 0.3) is 0 Å². The topological polar surface area (TPSA) is 24.1 Å². The SMILES string of the molecule is CC(C)N[C@@H](c1ccc(F)cc1)[C@@H](NC(C)C)c1ccc(F)cc1. The van der Waals surface area contributed by atoms with Crippen molar-refractivity contribution >= 4 is 0 Å². The summed E-state index contributed by atoms with van der Waals surface area (Å²) in [5.41, 5.74) is 1.99. The van der Waals surface area contributed by atoms with E-state index in [4.69, 9.17) is 0 Å². The fraction of sp³-hybridized carbons (Fsp3) is 0.400. The molecule has 2 aromatic carbocycles. The fourth-order valence-corrected chi connectivity index (χ4v) is 2.83. The zero-order valence-electron chi connectivity index (χ0n) is 14.7. The summed E-state index contributed by atoms with van der Waals surface area (Å²) in [6.07, 6.45) is 0. The Bertz CT molecular complexity index is 564. The lowest BCUT2D eigenvalue weighted by molar-refractivity contribution is 0.341. The Labute approximate surface area is 143 Å². The Hall–Kier alpha value is -1.78. The van der Waals surface area contributed by atoms with Crippen LogP contribution in [0.25, 0.3) is 0 Å². The monoisotopic (exact) mass is 332 g/mol. The van der Waals surface area contributed by atoms with Crippen LogP contribution in [0.1, 0.15) is 50.9 Å². The van der Waals surface area contributed by atoms with Crippen molar-refractivity contribution in [3.8, 4) is 0 Å². The number of rotatable bonds is 7. The Morgan fingerprint density at radius 1 is 0.583 bits per heavy atom. The normalized spacial score (nSPS) is 14.2. The predicted molar refractivity (Wildman–Crippen MR) is 94.8 cm³/mol. The van der Waals surface area contributed by atoms with Crippen LogP contribution in [-0.4, -0.2) is 12.1 Å². The van der Waals surface area contributed by atoms with Crippen molar-refractivity contribution in [2.45, 2.75) is 51.9 Å². The highest BCUT2D eigenvalue weighted by molar-refractivity contribution is 5.28. The van der Waals surface area contributed by atoms with Gasteiger partial charge in [0.1, 0.15) is 11.6 Å². The van der Waals surface area contributed by atoms with Crippen LogP contribution in [-0.2, 0) is 0 Å². The summed E-state index contributed by atoms with van der Waals surface area (Å²) in [5, 5.41) is 7.11. The number of hydrogen-bond donors (Lipinski definition) is 2. The number of benzene rings is 2. The van der Waals surface area contributed by atoms with Gasteiger partial charge in [0.2, 0.25) is 0 Å². The van der Waals surface area contributed by atoms with E-state index in [1.54, 1.807) is 24.3 Å². The maximum atomic E-state index is 13.3. The van der Waals surface area contributed by atoms with Crippen LogP contribution in [0.5, 0.6) is 0 Å². The molecule has 0 fully saturated rings. The van der Waals surface area contributed by atoms with Crippen LogP contribution in [0.2, 0.25) is 0 Å². The summed E-state index contributed by atoms with van der Waals surface area (Å²) in [7, 11) is 0. The highest BCUT2D eigenvalue weighted by Crippen LogP contribution is 2.30. The van der Waals surface area contributed by atoms with Crippen LogP contribution >= 0.6 is 0 Å². The van der Waals surface area contributed by atoms with Gasteiger partial charge in [-0.15, -0.1) is 0 Å². The molecule has 0 aromatic heterocycles. The van der Waals surface area contributed by atoms with E-state index in [1.807, 2.05) is 0 Å². The van der Waals surface area contributed by atoms with Gasteiger partial charge in [0.15, 0.2) is 0 Å². The second-order valence-electron chi connectivity index (χ2n) is 6.70. The van der Waals surface area contributed by atoms with E-state index in [0.717, 1.165) is 11.1 Å². The van der Waals surface area contributed by atoms with Gasteiger partial charge in [-0.05, 0) is 35.4 Å². The molecule has 2 nitrogen and oxygen atoms in total. The zero-order chi connectivity index (χ0) is 17.7. The van der Waals surface area contributed by atoms with Gasteiger partial charge in [-0.3, -0.25) is 0 Å². The van der Waals surface area contributed by atoms with E-state index in [-0.39, 0.29) is 35.8 Å². The van der Waals surface area contributed by atoms with Gasteiger partial charge in [0, 0.05) is 12.1 Å². The van der Waals surface area contributed by atoms with E-state index in [2.05, 4.69) is 38.3 Å². The molecular weight excluding hydrogens is 306 g/mol.